The number of nitrogens with one attached hydrogen (secondary N) is 1. The zero-order valence-electron chi connectivity index (χ0n) is 16.4. The van der Waals surface area contributed by atoms with Crippen LogP contribution < -0.4 is 5.32 Å². The standard InChI is InChI=1S/C20H28N4O3S/c1-3-11-21-20(25)10-9-19-22-17-15-16(7-8-18(17)24(19)12-4-2)28(26,27)23-13-5-6-14-23/h3,7-8,15H,1,4-6,9-14H2,2H3,(H,21,25). The van der Waals surface area contributed by atoms with Gasteiger partial charge in [0.25, 0.3) is 0 Å². The first-order valence-electron chi connectivity index (χ1n) is 9.84. The third-order valence-electron chi connectivity index (χ3n) is 4.97. The van der Waals surface area contributed by atoms with E-state index in [0.717, 1.165) is 37.1 Å². The van der Waals surface area contributed by atoms with Crippen LogP contribution >= 0.6 is 0 Å². The van der Waals surface area contributed by atoms with E-state index >= 15 is 0 Å². The normalized spacial score (nSPS) is 15.2. The van der Waals surface area contributed by atoms with Crippen LogP contribution in [0.2, 0.25) is 0 Å². The molecule has 0 spiro atoms. The molecule has 8 heteroatoms. The summed E-state index contributed by atoms with van der Waals surface area (Å²) in [6.07, 6.45) is 5.22. The van der Waals surface area contributed by atoms with Crippen LogP contribution in [0.4, 0.5) is 0 Å². The lowest BCUT2D eigenvalue weighted by molar-refractivity contribution is -0.120. The Hall–Kier alpha value is -2.19. The Balaban J connectivity index is 1.89. The van der Waals surface area contributed by atoms with Crippen molar-refractivity contribution >= 4 is 27.0 Å². The summed E-state index contributed by atoms with van der Waals surface area (Å²) >= 11 is 0. The highest BCUT2D eigenvalue weighted by Crippen LogP contribution is 2.25. The molecule has 7 nitrogen and oxygen atoms in total. The molecule has 152 valence electrons. The number of hydrogen-bond donors (Lipinski definition) is 1. The quantitative estimate of drug-likeness (QED) is 0.651. The van der Waals surface area contributed by atoms with Crippen molar-refractivity contribution in [1.82, 2.24) is 19.2 Å². The fourth-order valence-electron chi connectivity index (χ4n) is 3.56. The maximum Gasteiger partial charge on any atom is 0.243 e. The molecular weight excluding hydrogens is 376 g/mol. The van der Waals surface area contributed by atoms with Crippen molar-refractivity contribution in [3.05, 3.63) is 36.7 Å². The van der Waals surface area contributed by atoms with Crippen LogP contribution in [0.1, 0.15) is 38.4 Å². The van der Waals surface area contributed by atoms with Gasteiger partial charge in [-0.2, -0.15) is 4.31 Å². The van der Waals surface area contributed by atoms with Crippen molar-refractivity contribution in [1.29, 1.82) is 0 Å². The topological polar surface area (TPSA) is 84.3 Å². The molecule has 0 atom stereocenters. The van der Waals surface area contributed by atoms with E-state index < -0.39 is 10.0 Å². The lowest BCUT2D eigenvalue weighted by atomic mass is 10.2. The average molecular weight is 405 g/mol. The lowest BCUT2D eigenvalue weighted by Crippen LogP contribution is -2.27. The van der Waals surface area contributed by atoms with Crippen molar-refractivity contribution in [2.75, 3.05) is 19.6 Å². The van der Waals surface area contributed by atoms with Crippen LogP contribution in [-0.2, 0) is 27.8 Å². The summed E-state index contributed by atoms with van der Waals surface area (Å²) in [4.78, 5) is 16.9. The summed E-state index contributed by atoms with van der Waals surface area (Å²) in [5.41, 5.74) is 1.57. The van der Waals surface area contributed by atoms with E-state index in [1.54, 1.807) is 22.5 Å². The summed E-state index contributed by atoms with van der Waals surface area (Å²) in [7, 11) is -3.47. The van der Waals surface area contributed by atoms with Gasteiger partial charge in [0.1, 0.15) is 5.82 Å². The van der Waals surface area contributed by atoms with E-state index in [4.69, 9.17) is 0 Å². The molecule has 0 saturated carbocycles. The molecule has 2 heterocycles. The average Bonchev–Trinajstić information content (AvgIpc) is 3.33. The number of sulfonamides is 1. The Labute approximate surface area is 166 Å². The molecule has 1 aliphatic heterocycles. The Morgan fingerprint density at radius 1 is 1.32 bits per heavy atom. The second-order valence-electron chi connectivity index (χ2n) is 7.03. The van der Waals surface area contributed by atoms with Gasteiger partial charge >= 0.3 is 0 Å². The van der Waals surface area contributed by atoms with Gasteiger partial charge in [0.15, 0.2) is 0 Å². The van der Waals surface area contributed by atoms with E-state index in [1.807, 2.05) is 6.07 Å². The summed E-state index contributed by atoms with van der Waals surface area (Å²) < 4.78 is 29.3. The van der Waals surface area contributed by atoms with Gasteiger partial charge in [-0.3, -0.25) is 4.79 Å². The first-order chi connectivity index (χ1) is 13.5. The molecule has 1 N–H and O–H groups in total. The fourth-order valence-corrected chi connectivity index (χ4v) is 5.10. The maximum atomic E-state index is 12.8. The van der Waals surface area contributed by atoms with E-state index in [0.29, 0.717) is 42.9 Å². The molecule has 1 fully saturated rings. The Kier molecular flexibility index (Phi) is 6.51. The van der Waals surface area contributed by atoms with Gasteiger partial charge < -0.3 is 9.88 Å². The second-order valence-corrected chi connectivity index (χ2v) is 8.97. The largest absolute Gasteiger partial charge is 0.353 e. The van der Waals surface area contributed by atoms with Crippen molar-refractivity contribution in [3.8, 4) is 0 Å². The molecule has 1 amide bonds. The zero-order valence-corrected chi connectivity index (χ0v) is 17.2. The number of carbonyl (C=O) groups excluding carboxylic acids is 1. The van der Waals surface area contributed by atoms with Crippen LogP contribution in [0, 0.1) is 0 Å². The third kappa shape index (κ3) is 4.28. The van der Waals surface area contributed by atoms with Crippen molar-refractivity contribution < 1.29 is 13.2 Å². The van der Waals surface area contributed by atoms with Gasteiger partial charge in [-0.15, -0.1) is 6.58 Å². The van der Waals surface area contributed by atoms with Gasteiger partial charge in [-0.25, -0.2) is 13.4 Å². The van der Waals surface area contributed by atoms with Gasteiger partial charge in [0.05, 0.1) is 15.9 Å². The number of aryl methyl sites for hydroxylation is 2. The van der Waals surface area contributed by atoms with Crippen LogP contribution in [0.15, 0.2) is 35.7 Å². The molecule has 0 unspecified atom stereocenters. The van der Waals surface area contributed by atoms with Crippen LogP contribution in [0.5, 0.6) is 0 Å². The fraction of sp³-hybridized carbons (Fsp3) is 0.500. The first kappa shape index (κ1) is 20.5. The molecular formula is C20H28N4O3S. The number of carbonyl (C=O) groups is 1. The third-order valence-corrected chi connectivity index (χ3v) is 6.86. The number of fused-ring (bicyclic) bond motifs is 1. The molecule has 3 rings (SSSR count). The SMILES string of the molecule is C=CCNC(=O)CCc1nc2cc(S(=O)(=O)N3CCCC3)ccc2n1CCC. The minimum Gasteiger partial charge on any atom is -0.353 e. The number of rotatable bonds is 9. The molecule has 1 aromatic carbocycles. The Morgan fingerprint density at radius 2 is 2.07 bits per heavy atom. The summed E-state index contributed by atoms with van der Waals surface area (Å²) in [5.74, 6) is 0.758. The lowest BCUT2D eigenvalue weighted by Gasteiger charge is -2.15. The number of nitrogens with zero attached hydrogens (tertiary/aromatic N) is 3. The Morgan fingerprint density at radius 3 is 2.75 bits per heavy atom. The molecule has 0 aliphatic carbocycles. The van der Waals surface area contributed by atoms with Crippen molar-refractivity contribution in [2.45, 2.75) is 50.5 Å². The van der Waals surface area contributed by atoms with Crippen LogP contribution in [-0.4, -0.2) is 47.8 Å². The number of amides is 1. The second kappa shape index (κ2) is 8.87. The molecule has 0 radical (unpaired) electrons. The van der Waals surface area contributed by atoms with Crippen LogP contribution in [0.25, 0.3) is 11.0 Å². The molecule has 1 saturated heterocycles. The summed E-state index contributed by atoms with van der Waals surface area (Å²) in [6.45, 7) is 8.05. The van der Waals surface area contributed by atoms with Gasteiger partial charge in [0.2, 0.25) is 15.9 Å². The minimum atomic E-state index is -3.47. The predicted octanol–water partition coefficient (Wildman–Crippen LogP) is 2.47. The molecule has 2 aromatic rings. The zero-order chi connectivity index (χ0) is 20.1. The van der Waals surface area contributed by atoms with Gasteiger partial charge in [-0.1, -0.05) is 13.0 Å². The summed E-state index contributed by atoms with van der Waals surface area (Å²) in [5, 5.41) is 2.77. The number of hydrogen-bond acceptors (Lipinski definition) is 4. The van der Waals surface area contributed by atoms with Crippen molar-refractivity contribution in [2.24, 2.45) is 0 Å². The van der Waals surface area contributed by atoms with Crippen LogP contribution in [0.3, 0.4) is 0 Å². The molecule has 1 aliphatic rings. The molecule has 28 heavy (non-hydrogen) atoms. The maximum absolute atomic E-state index is 12.8. The summed E-state index contributed by atoms with van der Waals surface area (Å²) in [6, 6.07) is 5.17. The van der Waals surface area contributed by atoms with E-state index in [9.17, 15) is 13.2 Å². The smallest absolute Gasteiger partial charge is 0.243 e. The predicted molar refractivity (Wildman–Crippen MR) is 110 cm³/mol. The van der Waals surface area contributed by atoms with Crippen molar-refractivity contribution in [3.63, 3.8) is 0 Å². The minimum absolute atomic E-state index is 0.0488. The van der Waals surface area contributed by atoms with E-state index in [1.165, 1.54) is 0 Å². The number of aromatic nitrogens is 2. The highest BCUT2D eigenvalue weighted by molar-refractivity contribution is 7.89. The first-order valence-corrected chi connectivity index (χ1v) is 11.3. The van der Waals surface area contributed by atoms with E-state index in [2.05, 4.69) is 28.4 Å². The Bertz CT molecular complexity index is 959. The molecule has 0 bridgehead atoms. The molecule has 1 aromatic heterocycles. The van der Waals surface area contributed by atoms with E-state index in [-0.39, 0.29) is 5.91 Å². The number of imidazole rings is 1. The number of benzene rings is 1. The monoisotopic (exact) mass is 404 g/mol. The van der Waals surface area contributed by atoms with Gasteiger partial charge in [0, 0.05) is 39.0 Å². The van der Waals surface area contributed by atoms with Gasteiger partial charge in [-0.05, 0) is 37.5 Å². The highest BCUT2D eigenvalue weighted by Gasteiger charge is 2.27. The highest BCUT2D eigenvalue weighted by atomic mass is 32.2.